The Bertz CT molecular complexity index is 380. The van der Waals surface area contributed by atoms with Gasteiger partial charge in [0.25, 0.3) is 0 Å². The molecule has 3 nitrogen and oxygen atoms in total. The molecule has 1 heterocycles. The lowest BCUT2D eigenvalue weighted by Gasteiger charge is -2.28. The average molecular weight is 221 g/mol. The molecule has 0 aliphatic rings. The van der Waals surface area contributed by atoms with E-state index in [9.17, 15) is 4.79 Å². The van der Waals surface area contributed by atoms with E-state index in [-0.39, 0.29) is 11.2 Å². The molecule has 3 heteroatoms. The van der Waals surface area contributed by atoms with Crippen LogP contribution in [0.4, 0.5) is 0 Å². The van der Waals surface area contributed by atoms with Crippen molar-refractivity contribution in [2.45, 2.75) is 33.8 Å². The minimum atomic E-state index is -0.435. The highest BCUT2D eigenvalue weighted by Crippen LogP contribution is 2.25. The third-order valence-electron chi connectivity index (χ3n) is 2.56. The Morgan fingerprint density at radius 1 is 1.44 bits per heavy atom. The van der Waals surface area contributed by atoms with Crippen molar-refractivity contribution in [1.29, 1.82) is 0 Å². The Morgan fingerprint density at radius 2 is 2.06 bits per heavy atom. The van der Waals surface area contributed by atoms with Crippen LogP contribution in [0.3, 0.4) is 0 Å². The standard InChI is InChI=1S/C13H19NO2/c1-9-6-7-14-8-10(9)11(15)12(16-5)13(2,3)4/h6-8,12H,1-5H3. The summed E-state index contributed by atoms with van der Waals surface area (Å²) in [5.74, 6) is 0.000556. The zero-order valence-corrected chi connectivity index (χ0v) is 10.6. The largest absolute Gasteiger partial charge is 0.373 e. The van der Waals surface area contributed by atoms with Crippen LogP contribution in [-0.4, -0.2) is 24.0 Å². The first-order valence-corrected chi connectivity index (χ1v) is 5.35. The summed E-state index contributed by atoms with van der Waals surface area (Å²) in [6.07, 6.45) is 2.86. The number of hydrogen-bond donors (Lipinski definition) is 0. The van der Waals surface area contributed by atoms with Crippen LogP contribution in [0.15, 0.2) is 18.5 Å². The average Bonchev–Trinajstić information content (AvgIpc) is 2.17. The topological polar surface area (TPSA) is 39.2 Å². The normalized spacial score (nSPS) is 13.6. The molecule has 1 aromatic heterocycles. The quantitative estimate of drug-likeness (QED) is 0.736. The number of Topliss-reactive ketones (excluding diaryl/α,β-unsaturated/α-hetero) is 1. The van der Waals surface area contributed by atoms with Crippen LogP contribution in [0.2, 0.25) is 0 Å². The fraction of sp³-hybridized carbons (Fsp3) is 0.538. The molecule has 0 amide bonds. The van der Waals surface area contributed by atoms with E-state index in [0.717, 1.165) is 5.56 Å². The first-order valence-electron chi connectivity index (χ1n) is 5.35. The van der Waals surface area contributed by atoms with Crippen LogP contribution in [0.5, 0.6) is 0 Å². The summed E-state index contributed by atoms with van der Waals surface area (Å²) in [6.45, 7) is 7.88. The first kappa shape index (κ1) is 12.8. The fourth-order valence-corrected chi connectivity index (χ4v) is 1.72. The second-order valence-corrected chi connectivity index (χ2v) is 5.04. The molecule has 88 valence electrons. The zero-order valence-electron chi connectivity index (χ0n) is 10.6. The molecule has 0 aliphatic heterocycles. The molecule has 16 heavy (non-hydrogen) atoms. The van der Waals surface area contributed by atoms with Crippen LogP contribution < -0.4 is 0 Å². The fourth-order valence-electron chi connectivity index (χ4n) is 1.72. The Kier molecular flexibility index (Phi) is 3.81. The van der Waals surface area contributed by atoms with E-state index in [1.165, 1.54) is 0 Å². The Morgan fingerprint density at radius 3 is 2.50 bits per heavy atom. The summed E-state index contributed by atoms with van der Waals surface area (Å²) in [6, 6.07) is 1.84. The lowest BCUT2D eigenvalue weighted by Crippen LogP contribution is -2.36. The third kappa shape index (κ3) is 2.67. The SMILES string of the molecule is COC(C(=O)c1cnccc1C)C(C)(C)C. The van der Waals surface area contributed by atoms with E-state index in [0.29, 0.717) is 5.56 Å². The van der Waals surface area contributed by atoms with E-state index in [1.807, 2.05) is 33.8 Å². The van der Waals surface area contributed by atoms with Gasteiger partial charge in [0.15, 0.2) is 5.78 Å². The maximum Gasteiger partial charge on any atom is 0.193 e. The molecule has 0 saturated carbocycles. The molecule has 1 aromatic rings. The van der Waals surface area contributed by atoms with E-state index in [2.05, 4.69) is 4.98 Å². The van der Waals surface area contributed by atoms with Crippen LogP contribution in [0.25, 0.3) is 0 Å². The predicted octanol–water partition coefficient (Wildman–Crippen LogP) is 2.63. The number of ketones is 1. The van der Waals surface area contributed by atoms with Gasteiger partial charge in [-0.3, -0.25) is 9.78 Å². The van der Waals surface area contributed by atoms with Gasteiger partial charge in [-0.2, -0.15) is 0 Å². The van der Waals surface area contributed by atoms with Gasteiger partial charge in [0.1, 0.15) is 6.10 Å². The third-order valence-corrected chi connectivity index (χ3v) is 2.56. The van der Waals surface area contributed by atoms with Crippen LogP contribution in [-0.2, 0) is 4.74 Å². The number of ether oxygens (including phenoxy) is 1. The molecule has 0 fully saturated rings. The monoisotopic (exact) mass is 221 g/mol. The van der Waals surface area contributed by atoms with E-state index >= 15 is 0 Å². The second kappa shape index (κ2) is 4.74. The van der Waals surface area contributed by atoms with Crippen molar-refractivity contribution in [3.05, 3.63) is 29.6 Å². The molecule has 1 rings (SSSR count). The van der Waals surface area contributed by atoms with Crippen molar-refractivity contribution < 1.29 is 9.53 Å². The van der Waals surface area contributed by atoms with Crippen molar-refractivity contribution in [2.24, 2.45) is 5.41 Å². The molecule has 0 saturated heterocycles. The second-order valence-electron chi connectivity index (χ2n) is 5.04. The lowest BCUT2D eigenvalue weighted by atomic mass is 9.84. The number of carbonyl (C=O) groups is 1. The maximum atomic E-state index is 12.3. The number of rotatable bonds is 3. The highest BCUT2D eigenvalue weighted by atomic mass is 16.5. The summed E-state index contributed by atoms with van der Waals surface area (Å²) >= 11 is 0. The Labute approximate surface area is 96.8 Å². The van der Waals surface area contributed by atoms with Gasteiger partial charge < -0.3 is 4.74 Å². The Balaban J connectivity index is 3.06. The van der Waals surface area contributed by atoms with E-state index < -0.39 is 6.10 Å². The van der Waals surface area contributed by atoms with Crippen molar-refractivity contribution >= 4 is 5.78 Å². The Hall–Kier alpha value is -1.22. The van der Waals surface area contributed by atoms with Crippen LogP contribution in [0, 0.1) is 12.3 Å². The number of methoxy groups -OCH3 is 1. The summed E-state index contributed by atoms with van der Waals surface area (Å²) in [7, 11) is 1.57. The first-order chi connectivity index (χ1) is 7.38. The van der Waals surface area contributed by atoms with Gasteiger partial charge in [-0.05, 0) is 24.0 Å². The van der Waals surface area contributed by atoms with Crippen molar-refractivity contribution in [1.82, 2.24) is 4.98 Å². The van der Waals surface area contributed by atoms with Crippen molar-refractivity contribution in [3.63, 3.8) is 0 Å². The molecule has 0 aromatic carbocycles. The molecule has 1 unspecified atom stereocenters. The predicted molar refractivity (Wildman–Crippen MR) is 63.6 cm³/mol. The molecule has 0 N–H and O–H groups in total. The summed E-state index contributed by atoms with van der Waals surface area (Å²) in [4.78, 5) is 16.3. The van der Waals surface area contributed by atoms with Gasteiger partial charge in [-0.15, -0.1) is 0 Å². The van der Waals surface area contributed by atoms with Crippen molar-refractivity contribution in [3.8, 4) is 0 Å². The van der Waals surface area contributed by atoms with Gasteiger partial charge >= 0.3 is 0 Å². The lowest BCUT2D eigenvalue weighted by molar-refractivity contribution is 0.0195. The number of nitrogens with zero attached hydrogens (tertiary/aromatic N) is 1. The molecular weight excluding hydrogens is 202 g/mol. The molecule has 1 atom stereocenters. The van der Waals surface area contributed by atoms with Gasteiger partial charge in [-0.1, -0.05) is 20.8 Å². The smallest absolute Gasteiger partial charge is 0.193 e. The van der Waals surface area contributed by atoms with Crippen LogP contribution >= 0.6 is 0 Å². The van der Waals surface area contributed by atoms with Crippen molar-refractivity contribution in [2.75, 3.05) is 7.11 Å². The molecular formula is C13H19NO2. The van der Waals surface area contributed by atoms with E-state index in [1.54, 1.807) is 19.5 Å². The molecule has 0 radical (unpaired) electrons. The van der Waals surface area contributed by atoms with E-state index in [4.69, 9.17) is 4.74 Å². The summed E-state index contributed by atoms with van der Waals surface area (Å²) in [5.41, 5.74) is 1.37. The molecule has 0 bridgehead atoms. The number of pyridine rings is 1. The number of aryl methyl sites for hydroxylation is 1. The van der Waals surface area contributed by atoms with Gasteiger partial charge in [0.2, 0.25) is 0 Å². The highest BCUT2D eigenvalue weighted by Gasteiger charge is 2.32. The summed E-state index contributed by atoms with van der Waals surface area (Å²) < 4.78 is 5.31. The number of aromatic nitrogens is 1. The van der Waals surface area contributed by atoms with Gasteiger partial charge in [0, 0.05) is 25.1 Å². The van der Waals surface area contributed by atoms with Gasteiger partial charge in [0.05, 0.1) is 0 Å². The minimum absolute atomic E-state index is 0.000556. The summed E-state index contributed by atoms with van der Waals surface area (Å²) in [5, 5.41) is 0. The number of hydrogen-bond acceptors (Lipinski definition) is 3. The molecule has 0 aliphatic carbocycles. The molecule has 0 spiro atoms. The highest BCUT2D eigenvalue weighted by molar-refractivity contribution is 6.00. The van der Waals surface area contributed by atoms with Gasteiger partial charge in [-0.25, -0.2) is 0 Å². The van der Waals surface area contributed by atoms with Crippen LogP contribution in [0.1, 0.15) is 36.7 Å². The number of carbonyl (C=O) groups excluding carboxylic acids is 1. The maximum absolute atomic E-state index is 12.3. The minimum Gasteiger partial charge on any atom is -0.373 e. The zero-order chi connectivity index (χ0) is 12.3.